The monoisotopic (exact) mass is 468 g/mol. The maximum atomic E-state index is 5.06. The van der Waals surface area contributed by atoms with Crippen LogP contribution in [0.5, 0.6) is 0 Å². The Hall–Kier alpha value is 3.78. The molecule has 0 aliphatic rings. The fourth-order valence-electron chi connectivity index (χ4n) is 0. The Morgan fingerprint density at radius 3 is 0.636 bits per heavy atom. The zero-order chi connectivity index (χ0) is 9.99. The molecule has 0 spiro atoms. The van der Waals surface area contributed by atoms with Crippen molar-refractivity contribution >= 4 is 103 Å². The number of hydrogen-bond donors (Lipinski definition) is 0. The molecule has 0 nitrogen and oxygen atoms in total. The molecule has 0 amide bonds. The molecule has 74 valence electrons. The van der Waals surface area contributed by atoms with Crippen molar-refractivity contribution in [1.82, 2.24) is 0 Å². The zero-order valence-corrected chi connectivity index (χ0v) is 14.4. The average molecular weight is 473 g/mol. The first-order valence-corrected chi connectivity index (χ1v) is 24.6. The Balaban J connectivity index is 0. The van der Waals surface area contributed by atoms with Crippen molar-refractivity contribution in [2.45, 2.75) is 0 Å². The Morgan fingerprint density at radius 2 is 0.636 bits per heavy atom. The first kappa shape index (κ1) is 17.2. The van der Waals surface area contributed by atoms with Crippen LogP contribution in [0.2, 0.25) is 0 Å². The molecular formula is Cl9SSb. The Bertz CT molecular complexity index is 96.3. The molecule has 0 saturated heterocycles. The van der Waals surface area contributed by atoms with Crippen LogP contribution in [0.4, 0.5) is 0 Å². The molecule has 0 aliphatic carbocycles. The van der Waals surface area contributed by atoms with Crippen LogP contribution in [0.1, 0.15) is 0 Å². The summed E-state index contributed by atoms with van der Waals surface area (Å²) >= 11 is 0. The van der Waals surface area contributed by atoms with E-state index in [4.69, 9.17) is 85.0 Å². The summed E-state index contributed by atoms with van der Waals surface area (Å²) in [6.07, 6.45) is 0. The quantitative estimate of drug-likeness (QED) is 0.308. The van der Waals surface area contributed by atoms with Crippen LogP contribution in [-0.4, -0.2) is 9.14 Å². The van der Waals surface area contributed by atoms with E-state index in [1.54, 1.807) is 0 Å². The summed E-state index contributed by atoms with van der Waals surface area (Å²) in [7, 11) is 38.5. The average Bonchev–Trinajstić information content (AvgIpc) is 1.11. The SMILES string of the molecule is Cl[S+](Cl)Cl.[Cl][Sb-]([Cl])([Cl])([Cl])([Cl])[Cl]. The molecule has 0 aliphatic heterocycles. The Kier molecular flexibility index (Phi) is 7.41. The van der Waals surface area contributed by atoms with Crippen molar-refractivity contribution < 1.29 is 0 Å². The van der Waals surface area contributed by atoms with Gasteiger partial charge < -0.3 is 0 Å². The molecule has 0 aromatic rings. The van der Waals surface area contributed by atoms with Crippen molar-refractivity contribution in [2.24, 2.45) is 0 Å². The van der Waals surface area contributed by atoms with E-state index in [0.717, 1.165) is 0 Å². The van der Waals surface area contributed by atoms with Crippen molar-refractivity contribution in [2.75, 3.05) is 0 Å². The molecule has 11 heteroatoms. The van der Waals surface area contributed by atoms with Gasteiger partial charge in [-0.05, 0) is 0 Å². The van der Waals surface area contributed by atoms with Gasteiger partial charge in [-0.3, -0.25) is 0 Å². The molecule has 0 unspecified atom stereocenters. The van der Waals surface area contributed by atoms with Gasteiger partial charge in [-0.25, -0.2) is 0 Å². The van der Waals surface area contributed by atoms with Crippen LogP contribution in [-0.2, 0) is 8.54 Å². The molecule has 0 bridgehead atoms. The fraction of sp³-hybridized carbons (Fsp3) is 0. The molecule has 0 heterocycles. The minimum atomic E-state index is -5.42. The Morgan fingerprint density at radius 1 is 0.636 bits per heavy atom. The zero-order valence-electron chi connectivity index (χ0n) is 4.26. The maximum absolute atomic E-state index is 5.42. The summed E-state index contributed by atoms with van der Waals surface area (Å²) in [6, 6.07) is 0. The molecule has 0 rings (SSSR count). The molecule has 11 heavy (non-hydrogen) atoms. The van der Waals surface area contributed by atoms with Gasteiger partial charge in [0.05, 0.1) is 0 Å². The third-order valence-corrected chi connectivity index (χ3v) is 0. The minimum absolute atomic E-state index is 0.944. The second-order valence-corrected chi connectivity index (χ2v) is 62.6. The van der Waals surface area contributed by atoms with Crippen LogP contribution in [0.15, 0.2) is 0 Å². The summed E-state index contributed by atoms with van der Waals surface area (Å²) < 4.78 is 0. The second kappa shape index (κ2) is 4.74. The molecule has 0 aromatic heterocycles. The van der Waals surface area contributed by atoms with Crippen molar-refractivity contribution in [3.05, 3.63) is 0 Å². The van der Waals surface area contributed by atoms with Gasteiger partial charge in [0.15, 0.2) is 0 Å². The van der Waals surface area contributed by atoms with Gasteiger partial charge in [-0.1, -0.05) is 0 Å². The fourth-order valence-corrected chi connectivity index (χ4v) is 0. The van der Waals surface area contributed by atoms with E-state index in [1.807, 2.05) is 0 Å². The van der Waals surface area contributed by atoms with Crippen LogP contribution in [0.25, 0.3) is 0 Å². The third-order valence-electron chi connectivity index (χ3n) is 0. The topological polar surface area (TPSA) is 0 Å². The van der Waals surface area contributed by atoms with Gasteiger partial charge in [-0.15, -0.1) is 0 Å². The van der Waals surface area contributed by atoms with Crippen molar-refractivity contribution in [3.8, 4) is 0 Å². The molecule has 0 radical (unpaired) electrons. The molecule has 0 saturated carbocycles. The van der Waals surface area contributed by atoms with E-state index in [1.165, 1.54) is 0 Å². The van der Waals surface area contributed by atoms with Gasteiger partial charge in [-0.2, -0.15) is 0 Å². The van der Waals surface area contributed by atoms with Gasteiger partial charge in [0, 0.05) is 0 Å². The number of hydrogen-bond acceptors (Lipinski definition) is 0. The van der Waals surface area contributed by atoms with Gasteiger partial charge in [0.2, 0.25) is 32.0 Å². The first-order valence-electron chi connectivity index (χ1n) is 1.48. The van der Waals surface area contributed by atoms with E-state index < -0.39 is 17.7 Å². The summed E-state index contributed by atoms with van der Waals surface area (Å²) in [5.41, 5.74) is 0. The van der Waals surface area contributed by atoms with Crippen molar-refractivity contribution in [1.29, 1.82) is 0 Å². The van der Waals surface area contributed by atoms with E-state index in [9.17, 15) is 0 Å². The first-order chi connectivity index (χ1) is 4.18. The van der Waals surface area contributed by atoms with E-state index in [2.05, 4.69) is 0 Å². The molecule has 0 aromatic carbocycles. The van der Waals surface area contributed by atoms with E-state index in [-0.39, 0.29) is 0 Å². The molecule has 0 fully saturated rings. The summed E-state index contributed by atoms with van der Waals surface area (Å²) in [5.74, 6) is 0. The summed E-state index contributed by atoms with van der Waals surface area (Å²) in [4.78, 5) is 0. The summed E-state index contributed by atoms with van der Waals surface area (Å²) in [6.45, 7) is 0. The standard InChI is InChI=1S/Cl3S.6ClH.Sb/c1-4(2)3;;;;;;;/h;6*1H;/q+1;;;;;;;+5/p-6. The van der Waals surface area contributed by atoms with Gasteiger partial charge in [0.1, 0.15) is 0 Å². The van der Waals surface area contributed by atoms with Crippen LogP contribution >= 0.6 is 85.0 Å². The predicted molar refractivity (Wildman–Crippen MR) is 65.8 cm³/mol. The molecular weight excluding hydrogens is 473 g/mol. The number of rotatable bonds is 0. The summed E-state index contributed by atoms with van der Waals surface area (Å²) in [5, 5.41) is 0. The van der Waals surface area contributed by atoms with Crippen molar-refractivity contribution in [3.63, 3.8) is 0 Å². The predicted octanol–water partition coefficient (Wildman–Crippen LogP) is 5.82. The third kappa shape index (κ3) is 134. The van der Waals surface area contributed by atoms with E-state index >= 15 is 0 Å². The van der Waals surface area contributed by atoms with Gasteiger partial charge >= 0.3 is 70.7 Å². The number of halogens is 9. The van der Waals surface area contributed by atoms with Crippen LogP contribution < -0.4 is 0 Å². The molecule has 0 atom stereocenters. The van der Waals surface area contributed by atoms with Crippen LogP contribution in [0, 0.1) is 0 Å². The second-order valence-electron chi connectivity index (χ2n) is 1.13. The normalized spacial score (nSPS) is 18.0. The van der Waals surface area contributed by atoms with Gasteiger partial charge in [0.25, 0.3) is 0 Å². The Labute approximate surface area is 101 Å². The van der Waals surface area contributed by atoms with Crippen LogP contribution in [0.3, 0.4) is 0 Å². The molecule has 0 N–H and O–H groups in total. The van der Waals surface area contributed by atoms with E-state index in [0.29, 0.717) is 0 Å².